The standard InChI is InChI=1S/C18H26N2O3.ClH/c19-15-2-1-14(11-15)18(21)20-16-3-5-17(6-4-16)23-12-13-7-9-22-10-8-13;/h3-6,13-15H,1-2,7-12,19H2,(H,20,21);1H. The van der Waals surface area contributed by atoms with Gasteiger partial charge >= 0.3 is 0 Å². The van der Waals surface area contributed by atoms with Crippen LogP contribution in [0.1, 0.15) is 32.1 Å². The Morgan fingerprint density at radius 3 is 2.50 bits per heavy atom. The first-order chi connectivity index (χ1) is 11.2. The number of hydrogen-bond acceptors (Lipinski definition) is 4. The Balaban J connectivity index is 0.00000208. The third-order valence-corrected chi connectivity index (χ3v) is 4.79. The molecule has 1 aromatic rings. The molecule has 1 saturated carbocycles. The van der Waals surface area contributed by atoms with Gasteiger partial charge < -0.3 is 20.5 Å². The van der Waals surface area contributed by atoms with E-state index >= 15 is 0 Å². The summed E-state index contributed by atoms with van der Waals surface area (Å²) in [6.07, 6.45) is 4.75. The smallest absolute Gasteiger partial charge is 0.227 e. The molecule has 1 amide bonds. The third kappa shape index (κ3) is 5.36. The van der Waals surface area contributed by atoms with Crippen LogP contribution in [0.2, 0.25) is 0 Å². The summed E-state index contributed by atoms with van der Waals surface area (Å²) in [6.45, 7) is 2.41. The number of carbonyl (C=O) groups is 1. The van der Waals surface area contributed by atoms with Gasteiger partial charge in [-0.2, -0.15) is 0 Å². The number of hydrogen-bond donors (Lipinski definition) is 2. The minimum Gasteiger partial charge on any atom is -0.493 e. The minimum absolute atomic E-state index is 0. The molecule has 3 N–H and O–H groups in total. The fraction of sp³-hybridized carbons (Fsp3) is 0.611. The van der Waals surface area contributed by atoms with Crippen molar-refractivity contribution in [3.8, 4) is 5.75 Å². The van der Waals surface area contributed by atoms with Crippen LogP contribution in [0.4, 0.5) is 5.69 Å². The molecule has 1 heterocycles. The lowest BCUT2D eigenvalue weighted by Gasteiger charge is -2.22. The number of nitrogens with two attached hydrogens (primary N) is 1. The van der Waals surface area contributed by atoms with Gasteiger partial charge in [0.1, 0.15) is 5.75 Å². The summed E-state index contributed by atoms with van der Waals surface area (Å²) in [6, 6.07) is 7.79. The molecule has 24 heavy (non-hydrogen) atoms. The molecular formula is C18H27ClN2O3. The molecule has 1 aliphatic heterocycles. The molecule has 5 nitrogen and oxygen atoms in total. The van der Waals surface area contributed by atoms with Crippen LogP contribution >= 0.6 is 12.4 Å². The summed E-state index contributed by atoms with van der Waals surface area (Å²) in [5, 5.41) is 2.97. The van der Waals surface area contributed by atoms with Gasteiger partial charge in [-0.3, -0.25) is 4.79 Å². The number of halogens is 1. The highest BCUT2D eigenvalue weighted by Gasteiger charge is 2.27. The average molecular weight is 355 g/mol. The Morgan fingerprint density at radius 2 is 1.88 bits per heavy atom. The first kappa shape index (κ1) is 19.0. The number of carbonyl (C=O) groups excluding carboxylic acids is 1. The molecule has 2 atom stereocenters. The highest BCUT2D eigenvalue weighted by atomic mass is 35.5. The molecule has 1 saturated heterocycles. The van der Waals surface area contributed by atoms with E-state index in [-0.39, 0.29) is 30.3 Å². The molecular weight excluding hydrogens is 328 g/mol. The van der Waals surface area contributed by atoms with E-state index < -0.39 is 0 Å². The summed E-state index contributed by atoms with van der Waals surface area (Å²) < 4.78 is 11.2. The van der Waals surface area contributed by atoms with Crippen molar-refractivity contribution in [2.45, 2.75) is 38.1 Å². The topological polar surface area (TPSA) is 73.6 Å². The minimum atomic E-state index is 0. The maximum atomic E-state index is 12.2. The zero-order chi connectivity index (χ0) is 16.1. The number of anilines is 1. The normalized spacial score (nSPS) is 24.2. The monoisotopic (exact) mass is 354 g/mol. The van der Waals surface area contributed by atoms with Crippen LogP contribution < -0.4 is 15.8 Å². The van der Waals surface area contributed by atoms with Gasteiger partial charge in [0.05, 0.1) is 6.61 Å². The van der Waals surface area contributed by atoms with E-state index in [1.165, 1.54) is 0 Å². The van der Waals surface area contributed by atoms with Gasteiger partial charge in [-0.25, -0.2) is 0 Å². The van der Waals surface area contributed by atoms with Gasteiger partial charge in [0.25, 0.3) is 0 Å². The number of nitrogens with one attached hydrogen (secondary N) is 1. The van der Waals surface area contributed by atoms with Crippen molar-refractivity contribution in [1.82, 2.24) is 0 Å². The van der Waals surface area contributed by atoms with Crippen molar-refractivity contribution < 1.29 is 14.3 Å². The Labute approximate surface area is 149 Å². The molecule has 2 aliphatic rings. The highest BCUT2D eigenvalue weighted by molar-refractivity contribution is 5.92. The summed E-state index contributed by atoms with van der Waals surface area (Å²) in [5.74, 6) is 1.55. The lowest BCUT2D eigenvalue weighted by Crippen LogP contribution is -2.23. The SMILES string of the molecule is Cl.NC1CCC(C(=O)Nc2ccc(OCC3CCOCC3)cc2)C1. The van der Waals surface area contributed by atoms with Crippen LogP contribution in [-0.2, 0) is 9.53 Å². The summed E-state index contributed by atoms with van der Waals surface area (Å²) in [7, 11) is 0. The van der Waals surface area contributed by atoms with Crippen LogP contribution in [-0.4, -0.2) is 31.8 Å². The molecule has 1 aromatic carbocycles. The Hall–Kier alpha value is -1.30. The highest BCUT2D eigenvalue weighted by Crippen LogP contribution is 2.26. The van der Waals surface area contributed by atoms with Crippen molar-refractivity contribution in [2.24, 2.45) is 17.6 Å². The van der Waals surface area contributed by atoms with E-state index in [0.717, 1.165) is 63.4 Å². The van der Waals surface area contributed by atoms with Crippen LogP contribution in [0.5, 0.6) is 5.75 Å². The number of rotatable bonds is 5. The van der Waals surface area contributed by atoms with Gasteiger partial charge in [-0.05, 0) is 62.3 Å². The van der Waals surface area contributed by atoms with Gasteiger partial charge in [0, 0.05) is 30.9 Å². The molecule has 1 aliphatic carbocycles. The first-order valence-corrected chi connectivity index (χ1v) is 8.58. The summed E-state index contributed by atoms with van der Waals surface area (Å²) >= 11 is 0. The second-order valence-electron chi connectivity index (χ2n) is 6.65. The van der Waals surface area contributed by atoms with E-state index in [0.29, 0.717) is 5.92 Å². The predicted molar refractivity (Wildman–Crippen MR) is 96.7 cm³/mol. The van der Waals surface area contributed by atoms with E-state index in [1.807, 2.05) is 24.3 Å². The van der Waals surface area contributed by atoms with Crippen molar-refractivity contribution >= 4 is 24.0 Å². The molecule has 0 aromatic heterocycles. The predicted octanol–water partition coefficient (Wildman–Crippen LogP) is 2.98. The molecule has 0 radical (unpaired) electrons. The first-order valence-electron chi connectivity index (χ1n) is 8.58. The van der Waals surface area contributed by atoms with Crippen LogP contribution in [0.3, 0.4) is 0 Å². The largest absolute Gasteiger partial charge is 0.493 e. The lowest BCUT2D eigenvalue weighted by atomic mass is 10.0. The molecule has 0 spiro atoms. The van der Waals surface area contributed by atoms with E-state index in [9.17, 15) is 4.79 Å². The Bertz CT molecular complexity index is 518. The second-order valence-corrected chi connectivity index (χ2v) is 6.65. The zero-order valence-electron chi connectivity index (χ0n) is 13.9. The lowest BCUT2D eigenvalue weighted by molar-refractivity contribution is -0.119. The number of amides is 1. The molecule has 134 valence electrons. The van der Waals surface area contributed by atoms with Gasteiger partial charge in [0.2, 0.25) is 5.91 Å². The molecule has 2 fully saturated rings. The van der Waals surface area contributed by atoms with Gasteiger partial charge in [-0.1, -0.05) is 0 Å². The Morgan fingerprint density at radius 1 is 1.17 bits per heavy atom. The maximum absolute atomic E-state index is 12.2. The summed E-state index contributed by atoms with van der Waals surface area (Å²) in [4.78, 5) is 12.2. The maximum Gasteiger partial charge on any atom is 0.227 e. The third-order valence-electron chi connectivity index (χ3n) is 4.79. The summed E-state index contributed by atoms with van der Waals surface area (Å²) in [5.41, 5.74) is 6.68. The van der Waals surface area contributed by atoms with Crippen LogP contribution in [0.25, 0.3) is 0 Å². The van der Waals surface area contributed by atoms with E-state index in [2.05, 4.69) is 5.32 Å². The van der Waals surface area contributed by atoms with Crippen LogP contribution in [0.15, 0.2) is 24.3 Å². The molecule has 6 heteroatoms. The van der Waals surface area contributed by atoms with Crippen molar-refractivity contribution in [3.05, 3.63) is 24.3 Å². The fourth-order valence-corrected chi connectivity index (χ4v) is 3.26. The fourth-order valence-electron chi connectivity index (χ4n) is 3.26. The second kappa shape index (κ2) is 9.25. The van der Waals surface area contributed by atoms with Crippen molar-refractivity contribution in [2.75, 3.05) is 25.1 Å². The molecule has 2 unspecified atom stereocenters. The van der Waals surface area contributed by atoms with Gasteiger partial charge in [-0.15, -0.1) is 12.4 Å². The average Bonchev–Trinajstić information content (AvgIpc) is 3.02. The Kier molecular flexibility index (Phi) is 7.34. The zero-order valence-corrected chi connectivity index (χ0v) is 14.7. The number of ether oxygens (including phenoxy) is 2. The number of benzene rings is 1. The van der Waals surface area contributed by atoms with Gasteiger partial charge in [0.15, 0.2) is 0 Å². The van der Waals surface area contributed by atoms with Crippen molar-refractivity contribution in [1.29, 1.82) is 0 Å². The van der Waals surface area contributed by atoms with E-state index in [4.69, 9.17) is 15.2 Å². The van der Waals surface area contributed by atoms with E-state index in [1.54, 1.807) is 0 Å². The van der Waals surface area contributed by atoms with Crippen molar-refractivity contribution in [3.63, 3.8) is 0 Å². The van der Waals surface area contributed by atoms with Crippen LogP contribution in [0, 0.1) is 11.8 Å². The molecule has 3 rings (SSSR count). The quantitative estimate of drug-likeness (QED) is 0.852. The molecule has 0 bridgehead atoms.